The third-order valence-electron chi connectivity index (χ3n) is 12.7. The molecule has 68 heavy (non-hydrogen) atoms. The lowest BCUT2D eigenvalue weighted by atomic mass is 10.0. The van der Waals surface area contributed by atoms with Crippen LogP contribution in [0.4, 0.5) is 0 Å². The van der Waals surface area contributed by atoms with Crippen LogP contribution in [0.1, 0.15) is 284 Å². The second-order valence-corrected chi connectivity index (χ2v) is 19.3. The van der Waals surface area contributed by atoms with Crippen LogP contribution in [-0.2, 0) is 19.1 Å². The number of carbonyl (C=O) groups is 2. The number of ether oxygens (including phenoxy) is 2. The Balaban J connectivity index is 3.48. The predicted octanol–water partition coefficient (Wildman–Crippen LogP) is 19.8. The first kappa shape index (κ1) is 65.1. The van der Waals surface area contributed by atoms with Gasteiger partial charge in [-0.2, -0.15) is 0 Å². The molecule has 0 aromatic carbocycles. The average molecular weight is 948 g/mol. The minimum Gasteiger partial charge on any atom is -0.462 e. The Bertz CT molecular complexity index is 1250. The van der Waals surface area contributed by atoms with Crippen molar-refractivity contribution in [2.45, 2.75) is 290 Å². The van der Waals surface area contributed by atoms with Crippen LogP contribution in [0.15, 0.2) is 85.1 Å². The van der Waals surface area contributed by atoms with Crippen LogP contribution in [0.25, 0.3) is 0 Å². The van der Waals surface area contributed by atoms with Crippen molar-refractivity contribution in [2.75, 3.05) is 13.2 Å². The Labute approximate surface area is 422 Å². The summed E-state index contributed by atoms with van der Waals surface area (Å²) in [5.41, 5.74) is 0. The Hall–Kier alpha value is -2.92. The van der Waals surface area contributed by atoms with Gasteiger partial charge < -0.3 is 14.6 Å². The van der Waals surface area contributed by atoms with E-state index in [-0.39, 0.29) is 25.6 Å². The Morgan fingerprint density at radius 3 is 1.01 bits per heavy atom. The predicted molar refractivity (Wildman–Crippen MR) is 297 cm³/mol. The topological polar surface area (TPSA) is 72.8 Å². The Morgan fingerprint density at radius 1 is 0.353 bits per heavy atom. The van der Waals surface area contributed by atoms with E-state index in [4.69, 9.17) is 9.47 Å². The van der Waals surface area contributed by atoms with Crippen molar-refractivity contribution in [2.24, 2.45) is 0 Å². The van der Waals surface area contributed by atoms with Crippen LogP contribution in [0.2, 0.25) is 0 Å². The average Bonchev–Trinajstić information content (AvgIpc) is 3.34. The van der Waals surface area contributed by atoms with E-state index in [0.717, 1.165) is 57.8 Å². The minimum atomic E-state index is -0.816. The highest BCUT2D eigenvalue weighted by atomic mass is 16.6. The second kappa shape index (κ2) is 58.4. The number of esters is 2. The molecule has 0 aromatic heterocycles. The van der Waals surface area contributed by atoms with Gasteiger partial charge in [0.15, 0.2) is 6.10 Å². The van der Waals surface area contributed by atoms with Crippen molar-refractivity contribution in [1.82, 2.24) is 0 Å². The molecule has 0 amide bonds. The highest BCUT2D eigenvalue weighted by molar-refractivity contribution is 5.70. The molecule has 1 unspecified atom stereocenters. The first-order valence-corrected chi connectivity index (χ1v) is 29.1. The van der Waals surface area contributed by atoms with E-state index in [1.165, 1.54) is 193 Å². The zero-order valence-corrected chi connectivity index (χ0v) is 44.9. The number of hydrogen-bond acceptors (Lipinski definition) is 5. The van der Waals surface area contributed by atoms with E-state index in [1.807, 2.05) is 12.2 Å². The van der Waals surface area contributed by atoms with Gasteiger partial charge in [0, 0.05) is 12.8 Å². The highest BCUT2D eigenvalue weighted by Crippen LogP contribution is 2.17. The quantitative estimate of drug-likeness (QED) is 0.0374. The summed E-state index contributed by atoms with van der Waals surface area (Å²) in [7, 11) is 0. The number of aliphatic hydroxyl groups is 1. The maximum atomic E-state index is 12.2. The zero-order chi connectivity index (χ0) is 49.2. The summed E-state index contributed by atoms with van der Waals surface area (Å²) in [5.74, 6) is -0.683. The fourth-order valence-electron chi connectivity index (χ4n) is 8.34. The van der Waals surface area contributed by atoms with E-state index >= 15 is 0 Å². The second-order valence-electron chi connectivity index (χ2n) is 19.3. The molecule has 0 fully saturated rings. The van der Waals surface area contributed by atoms with Crippen LogP contribution in [0, 0.1) is 0 Å². The summed E-state index contributed by atoms with van der Waals surface area (Å²) in [6.45, 7) is 3.98. The fourth-order valence-corrected chi connectivity index (χ4v) is 8.34. The van der Waals surface area contributed by atoms with Crippen LogP contribution in [0.3, 0.4) is 0 Å². The summed E-state index contributed by atoms with van der Waals surface area (Å²) >= 11 is 0. The fraction of sp³-hybridized carbons (Fsp3) is 0.746. The molecule has 392 valence electrons. The van der Waals surface area contributed by atoms with Gasteiger partial charge in [-0.15, -0.1) is 0 Å². The van der Waals surface area contributed by atoms with Crippen molar-refractivity contribution >= 4 is 11.9 Å². The lowest BCUT2D eigenvalue weighted by molar-refractivity contribution is -0.161. The lowest BCUT2D eigenvalue weighted by Crippen LogP contribution is -2.28. The molecule has 0 aromatic rings. The standard InChI is InChI=1S/C63H110O5/c1-3-5-7-9-11-13-15-17-19-21-23-24-25-26-27-28-29-30-31-32-33-34-35-36-37-38-40-41-43-45-47-49-51-53-55-57-62(65)67-60-61(59-64)68-63(66)58-56-54-52-50-48-46-44-42-39-22-20-18-16-14-12-10-8-6-4-2/h6,8,12,14,18,20-21,23,39,42,46,48,52,54,61,64H,3-5,7,9-11,13,15-17,19,22,24-38,40-41,43-45,47,49-51,53,55-60H2,1-2H3/b8-6-,14-12-,20-18-,23-21-,42-39-,48-46-,54-52-. The van der Waals surface area contributed by atoms with Crippen LogP contribution >= 0.6 is 0 Å². The monoisotopic (exact) mass is 947 g/mol. The van der Waals surface area contributed by atoms with Gasteiger partial charge in [-0.05, 0) is 77.0 Å². The molecule has 0 saturated carbocycles. The molecule has 0 aliphatic carbocycles. The lowest BCUT2D eigenvalue weighted by Gasteiger charge is -2.15. The van der Waals surface area contributed by atoms with Crippen molar-refractivity contribution in [3.05, 3.63) is 85.1 Å². The molecule has 1 atom stereocenters. The number of allylic oxidation sites excluding steroid dienone is 14. The smallest absolute Gasteiger partial charge is 0.306 e. The molecule has 0 radical (unpaired) electrons. The molecule has 0 bridgehead atoms. The maximum Gasteiger partial charge on any atom is 0.306 e. The molecule has 0 aliphatic heterocycles. The van der Waals surface area contributed by atoms with E-state index in [9.17, 15) is 14.7 Å². The molecule has 5 heteroatoms. The van der Waals surface area contributed by atoms with Crippen LogP contribution < -0.4 is 0 Å². The summed E-state index contributed by atoms with van der Waals surface area (Å²) in [5, 5.41) is 9.62. The Kier molecular flexibility index (Phi) is 55.9. The maximum absolute atomic E-state index is 12.2. The molecule has 0 aliphatic rings. The first-order valence-electron chi connectivity index (χ1n) is 29.1. The van der Waals surface area contributed by atoms with Crippen molar-refractivity contribution < 1.29 is 24.2 Å². The van der Waals surface area contributed by atoms with Gasteiger partial charge >= 0.3 is 11.9 Å². The molecule has 0 heterocycles. The van der Waals surface area contributed by atoms with Crippen molar-refractivity contribution in [3.8, 4) is 0 Å². The molecule has 0 saturated heterocycles. The number of rotatable bonds is 53. The molecule has 5 nitrogen and oxygen atoms in total. The molecule has 0 spiro atoms. The zero-order valence-electron chi connectivity index (χ0n) is 44.9. The van der Waals surface area contributed by atoms with E-state index in [2.05, 4.69) is 86.8 Å². The van der Waals surface area contributed by atoms with E-state index in [1.54, 1.807) is 0 Å². The van der Waals surface area contributed by atoms with Gasteiger partial charge in [0.1, 0.15) is 6.61 Å². The van der Waals surface area contributed by atoms with E-state index in [0.29, 0.717) is 12.8 Å². The van der Waals surface area contributed by atoms with Crippen molar-refractivity contribution in [1.29, 1.82) is 0 Å². The summed E-state index contributed by atoms with van der Waals surface area (Å²) in [6.07, 6.45) is 81.7. The van der Waals surface area contributed by atoms with Gasteiger partial charge in [0.05, 0.1) is 6.61 Å². The number of carbonyl (C=O) groups excluding carboxylic acids is 2. The third kappa shape index (κ3) is 55.7. The summed E-state index contributed by atoms with van der Waals surface area (Å²) < 4.78 is 10.6. The third-order valence-corrected chi connectivity index (χ3v) is 12.7. The summed E-state index contributed by atoms with van der Waals surface area (Å²) in [4.78, 5) is 24.4. The van der Waals surface area contributed by atoms with Crippen LogP contribution in [-0.4, -0.2) is 36.4 Å². The molecule has 1 N–H and O–H groups in total. The number of aliphatic hydroxyl groups excluding tert-OH is 1. The largest absolute Gasteiger partial charge is 0.462 e. The van der Waals surface area contributed by atoms with Gasteiger partial charge in [-0.3, -0.25) is 9.59 Å². The van der Waals surface area contributed by atoms with E-state index < -0.39 is 12.1 Å². The van der Waals surface area contributed by atoms with Crippen molar-refractivity contribution in [3.63, 3.8) is 0 Å². The first-order chi connectivity index (χ1) is 33.6. The molecule has 0 rings (SSSR count). The van der Waals surface area contributed by atoms with Gasteiger partial charge in [-0.25, -0.2) is 0 Å². The normalized spacial score (nSPS) is 12.8. The van der Waals surface area contributed by atoms with Gasteiger partial charge in [-0.1, -0.05) is 279 Å². The minimum absolute atomic E-state index is 0.0977. The molecular formula is C63H110O5. The van der Waals surface area contributed by atoms with Crippen LogP contribution in [0.5, 0.6) is 0 Å². The number of hydrogen-bond donors (Lipinski definition) is 1. The SMILES string of the molecule is CC/C=C\C/C=C\C/C=C\C/C=C\C/C=C\C/C=C\CCC(=O)OC(CO)COC(=O)CCCCCCCCCCCCCCCCCCCCCCCCC/C=C\CCCCCCCCCC. The Morgan fingerprint density at radius 2 is 0.662 bits per heavy atom. The molecular weight excluding hydrogens is 837 g/mol. The highest BCUT2D eigenvalue weighted by Gasteiger charge is 2.15. The van der Waals surface area contributed by atoms with Gasteiger partial charge in [0.2, 0.25) is 0 Å². The number of unbranched alkanes of at least 4 members (excludes halogenated alkanes) is 31. The van der Waals surface area contributed by atoms with Gasteiger partial charge in [0.25, 0.3) is 0 Å². The summed E-state index contributed by atoms with van der Waals surface area (Å²) in [6, 6.07) is 0.